The van der Waals surface area contributed by atoms with Gasteiger partial charge in [0.1, 0.15) is 0 Å². The van der Waals surface area contributed by atoms with Gasteiger partial charge in [-0.2, -0.15) is 0 Å². The number of hydrogen-bond donors (Lipinski definition) is 0. The zero-order valence-corrected chi connectivity index (χ0v) is 9.31. The molecule has 0 aliphatic carbocycles. The quantitative estimate of drug-likeness (QED) is 0.710. The molecule has 0 saturated heterocycles. The van der Waals surface area contributed by atoms with Gasteiger partial charge in [0.15, 0.2) is 0 Å². The van der Waals surface area contributed by atoms with E-state index in [0.29, 0.717) is 0 Å². The summed E-state index contributed by atoms with van der Waals surface area (Å²) in [6.45, 7) is 6.61. The van der Waals surface area contributed by atoms with Crippen LogP contribution in [0.3, 0.4) is 0 Å². The van der Waals surface area contributed by atoms with Crippen LogP contribution in [0.4, 0.5) is 0 Å². The van der Waals surface area contributed by atoms with Crippen molar-refractivity contribution in [2.45, 2.75) is 26.2 Å². The van der Waals surface area contributed by atoms with Crippen LogP contribution in [0, 0.1) is 0 Å². The molecule has 0 N–H and O–H groups in total. The average Bonchev–Trinajstić information content (AvgIpc) is 2.69. The summed E-state index contributed by atoms with van der Waals surface area (Å²) in [7, 11) is 0. The maximum Gasteiger partial charge on any atom is 0.0697 e. The van der Waals surface area contributed by atoms with Crippen molar-refractivity contribution in [3.8, 4) is 5.69 Å². The molecule has 0 bridgehead atoms. The number of rotatable bonds is 1. The molecule has 3 heteroatoms. The third-order valence-electron chi connectivity index (χ3n) is 2.40. The van der Waals surface area contributed by atoms with Crippen LogP contribution in [-0.2, 0) is 5.41 Å². The normalized spacial score (nSPS) is 11.7. The average molecular weight is 201 g/mol. The fourth-order valence-corrected chi connectivity index (χ4v) is 1.46. The van der Waals surface area contributed by atoms with Gasteiger partial charge in [0.05, 0.1) is 18.1 Å². The molecule has 78 valence electrons. The lowest BCUT2D eigenvalue weighted by Crippen LogP contribution is -2.11. The van der Waals surface area contributed by atoms with Crippen molar-refractivity contribution in [3.05, 3.63) is 42.2 Å². The molecule has 0 amide bonds. The van der Waals surface area contributed by atoms with Crippen molar-refractivity contribution < 1.29 is 0 Å². The molecule has 0 atom stereocenters. The van der Waals surface area contributed by atoms with E-state index in [4.69, 9.17) is 0 Å². The van der Waals surface area contributed by atoms with E-state index in [1.807, 2.05) is 12.3 Å². The highest BCUT2D eigenvalue weighted by molar-refractivity contribution is 5.37. The molecule has 1 aromatic carbocycles. The van der Waals surface area contributed by atoms with Crippen LogP contribution in [0.1, 0.15) is 26.3 Å². The number of hydrogen-bond acceptors (Lipinski definition) is 2. The largest absolute Gasteiger partial charge is 0.221 e. The summed E-state index contributed by atoms with van der Waals surface area (Å²) >= 11 is 0. The van der Waals surface area contributed by atoms with E-state index in [-0.39, 0.29) is 5.41 Å². The fourth-order valence-electron chi connectivity index (χ4n) is 1.46. The summed E-state index contributed by atoms with van der Waals surface area (Å²) in [5.41, 5.74) is 2.52. The van der Waals surface area contributed by atoms with Crippen LogP contribution < -0.4 is 0 Å². The van der Waals surface area contributed by atoms with Gasteiger partial charge in [-0.3, -0.25) is 0 Å². The van der Waals surface area contributed by atoms with Crippen molar-refractivity contribution in [2.24, 2.45) is 0 Å². The molecule has 0 aliphatic rings. The van der Waals surface area contributed by atoms with E-state index in [9.17, 15) is 0 Å². The molecule has 1 aromatic heterocycles. The Hall–Kier alpha value is -1.64. The van der Waals surface area contributed by atoms with E-state index < -0.39 is 0 Å². The molecule has 15 heavy (non-hydrogen) atoms. The van der Waals surface area contributed by atoms with Crippen LogP contribution in [0.2, 0.25) is 0 Å². The summed E-state index contributed by atoms with van der Waals surface area (Å²) in [5, 5.41) is 7.78. The first-order valence-electron chi connectivity index (χ1n) is 5.04. The Kier molecular flexibility index (Phi) is 2.31. The zero-order valence-electron chi connectivity index (χ0n) is 9.31. The molecule has 2 rings (SSSR count). The lowest BCUT2D eigenvalue weighted by Gasteiger charge is -2.19. The maximum atomic E-state index is 3.98. The van der Waals surface area contributed by atoms with Gasteiger partial charge < -0.3 is 0 Å². The lowest BCUT2D eigenvalue weighted by atomic mass is 9.87. The molecule has 0 spiro atoms. The molecular formula is C12H15N3. The monoisotopic (exact) mass is 201 g/mol. The van der Waals surface area contributed by atoms with Gasteiger partial charge >= 0.3 is 0 Å². The summed E-state index contributed by atoms with van der Waals surface area (Å²) < 4.78 is 1.77. The Balaban J connectivity index is 2.44. The number of aromatic nitrogens is 3. The summed E-state index contributed by atoms with van der Waals surface area (Å²) in [6.07, 6.45) is 3.53. The molecule has 0 saturated carbocycles. The molecule has 0 unspecified atom stereocenters. The van der Waals surface area contributed by atoms with Gasteiger partial charge in [0.25, 0.3) is 0 Å². The van der Waals surface area contributed by atoms with Gasteiger partial charge in [-0.1, -0.05) is 38.1 Å². The molecule has 2 aromatic rings. The van der Waals surface area contributed by atoms with Crippen LogP contribution in [-0.4, -0.2) is 15.0 Å². The van der Waals surface area contributed by atoms with Crippen LogP contribution >= 0.6 is 0 Å². The second kappa shape index (κ2) is 3.50. The van der Waals surface area contributed by atoms with Gasteiger partial charge in [-0.25, -0.2) is 4.68 Å². The van der Waals surface area contributed by atoms with Crippen molar-refractivity contribution in [1.29, 1.82) is 0 Å². The lowest BCUT2D eigenvalue weighted by molar-refractivity contribution is 0.589. The van der Waals surface area contributed by atoms with Crippen LogP contribution in [0.25, 0.3) is 5.69 Å². The van der Waals surface area contributed by atoms with Gasteiger partial charge in [-0.05, 0) is 23.1 Å². The van der Waals surface area contributed by atoms with E-state index in [0.717, 1.165) is 5.69 Å². The second-order valence-electron chi connectivity index (χ2n) is 4.65. The van der Waals surface area contributed by atoms with Crippen molar-refractivity contribution in [2.75, 3.05) is 0 Å². The van der Waals surface area contributed by atoms with E-state index >= 15 is 0 Å². The molecule has 1 heterocycles. The van der Waals surface area contributed by atoms with Crippen LogP contribution in [0.5, 0.6) is 0 Å². The molecular weight excluding hydrogens is 186 g/mol. The van der Waals surface area contributed by atoms with Gasteiger partial charge in [0, 0.05) is 0 Å². The van der Waals surface area contributed by atoms with Crippen molar-refractivity contribution >= 4 is 0 Å². The van der Waals surface area contributed by atoms with Crippen molar-refractivity contribution in [3.63, 3.8) is 0 Å². The fraction of sp³-hybridized carbons (Fsp3) is 0.333. The molecule has 3 nitrogen and oxygen atoms in total. The minimum absolute atomic E-state index is 0.163. The molecule has 0 fully saturated rings. The second-order valence-corrected chi connectivity index (χ2v) is 4.65. The smallest absolute Gasteiger partial charge is 0.0697 e. The number of benzene rings is 1. The molecule has 0 radical (unpaired) electrons. The van der Waals surface area contributed by atoms with E-state index in [1.165, 1.54) is 5.56 Å². The predicted molar refractivity (Wildman–Crippen MR) is 60.1 cm³/mol. The Labute approximate surface area is 89.7 Å². The van der Waals surface area contributed by atoms with E-state index in [1.54, 1.807) is 10.9 Å². The highest BCUT2D eigenvalue weighted by atomic mass is 15.4. The third-order valence-corrected chi connectivity index (χ3v) is 2.40. The minimum Gasteiger partial charge on any atom is -0.221 e. The standard InChI is InChI=1S/C12H15N3/c1-12(2,3)10-5-4-6-11(9-10)15-8-7-13-14-15/h4-9H,1-3H3. The highest BCUT2D eigenvalue weighted by Crippen LogP contribution is 2.23. The van der Waals surface area contributed by atoms with Gasteiger partial charge in [0.2, 0.25) is 0 Å². The van der Waals surface area contributed by atoms with Gasteiger partial charge in [-0.15, -0.1) is 5.10 Å². The highest BCUT2D eigenvalue weighted by Gasteiger charge is 2.13. The predicted octanol–water partition coefficient (Wildman–Crippen LogP) is 2.56. The first-order chi connectivity index (χ1) is 7.07. The Morgan fingerprint density at radius 3 is 2.60 bits per heavy atom. The summed E-state index contributed by atoms with van der Waals surface area (Å²) in [6, 6.07) is 8.37. The third kappa shape index (κ3) is 2.06. The number of nitrogens with zero attached hydrogens (tertiary/aromatic N) is 3. The summed E-state index contributed by atoms with van der Waals surface area (Å²) in [5.74, 6) is 0. The van der Waals surface area contributed by atoms with Crippen molar-refractivity contribution in [1.82, 2.24) is 15.0 Å². The van der Waals surface area contributed by atoms with Crippen LogP contribution in [0.15, 0.2) is 36.7 Å². The molecule has 0 aliphatic heterocycles. The first kappa shape index (κ1) is 9.90. The first-order valence-corrected chi connectivity index (χ1v) is 5.04. The maximum absolute atomic E-state index is 3.98. The Bertz CT molecular complexity index is 438. The zero-order chi connectivity index (χ0) is 10.9. The van der Waals surface area contributed by atoms with E-state index in [2.05, 4.69) is 49.3 Å². The SMILES string of the molecule is CC(C)(C)c1cccc(-n2ccnn2)c1. The summed E-state index contributed by atoms with van der Waals surface area (Å²) in [4.78, 5) is 0. The topological polar surface area (TPSA) is 30.7 Å². The Morgan fingerprint density at radius 2 is 2.00 bits per heavy atom. The minimum atomic E-state index is 0.163. The Morgan fingerprint density at radius 1 is 1.20 bits per heavy atom.